The van der Waals surface area contributed by atoms with Crippen LogP contribution in [-0.2, 0) is 5.41 Å². The summed E-state index contributed by atoms with van der Waals surface area (Å²) in [6.45, 7) is 9.79. The van der Waals surface area contributed by atoms with Gasteiger partial charge in [-0.05, 0) is 41.3 Å². The van der Waals surface area contributed by atoms with Crippen molar-refractivity contribution in [3.8, 4) is 0 Å². The average molecular weight is 373 g/mol. The van der Waals surface area contributed by atoms with Gasteiger partial charge >= 0.3 is 0 Å². The molecule has 0 saturated carbocycles. The van der Waals surface area contributed by atoms with Crippen LogP contribution in [0.5, 0.6) is 0 Å². The number of hydrogen-bond acceptors (Lipinski definition) is 3. The predicted molar refractivity (Wildman–Crippen MR) is 105 cm³/mol. The summed E-state index contributed by atoms with van der Waals surface area (Å²) < 4.78 is 26.8. The zero-order valence-corrected chi connectivity index (χ0v) is 15.9. The fourth-order valence-corrected chi connectivity index (χ4v) is 3.11. The van der Waals surface area contributed by atoms with Crippen molar-refractivity contribution in [1.29, 1.82) is 0 Å². The standard InChI is InChI=1S/C21H25F2N3O/c1-21(2,3)15-8-14(9-19(10-15)26-6-4-24-5-7-26)20(27)25-18-12-16(22)11-17(23)13-18/h8-13,24H,4-7H2,1-3H3,(H,25,27). The lowest BCUT2D eigenvalue weighted by Gasteiger charge is -2.31. The lowest BCUT2D eigenvalue weighted by atomic mass is 9.85. The van der Waals surface area contributed by atoms with Gasteiger partial charge in [0.2, 0.25) is 0 Å². The van der Waals surface area contributed by atoms with E-state index < -0.39 is 11.6 Å². The highest BCUT2D eigenvalue weighted by atomic mass is 19.1. The maximum absolute atomic E-state index is 13.4. The van der Waals surface area contributed by atoms with Gasteiger partial charge in [-0.2, -0.15) is 0 Å². The number of anilines is 2. The first-order valence-electron chi connectivity index (χ1n) is 9.11. The number of nitrogens with one attached hydrogen (secondary N) is 2. The Bertz CT molecular complexity index is 820. The molecule has 1 aliphatic heterocycles. The third kappa shape index (κ3) is 4.83. The third-order valence-electron chi connectivity index (χ3n) is 4.65. The average Bonchev–Trinajstić information content (AvgIpc) is 2.60. The summed E-state index contributed by atoms with van der Waals surface area (Å²) in [7, 11) is 0. The minimum Gasteiger partial charge on any atom is -0.369 e. The lowest BCUT2D eigenvalue weighted by Crippen LogP contribution is -2.43. The third-order valence-corrected chi connectivity index (χ3v) is 4.65. The van der Waals surface area contributed by atoms with Crippen molar-refractivity contribution in [3.05, 3.63) is 59.2 Å². The fraction of sp³-hybridized carbons (Fsp3) is 0.381. The van der Waals surface area contributed by atoms with E-state index in [4.69, 9.17) is 0 Å². The highest BCUT2D eigenvalue weighted by Gasteiger charge is 2.20. The van der Waals surface area contributed by atoms with Gasteiger partial charge in [-0.3, -0.25) is 4.79 Å². The number of benzene rings is 2. The summed E-state index contributed by atoms with van der Waals surface area (Å²) in [5, 5.41) is 5.92. The molecule has 0 bridgehead atoms. The van der Waals surface area contributed by atoms with Crippen LogP contribution in [0.15, 0.2) is 36.4 Å². The number of carbonyl (C=O) groups excluding carboxylic acids is 1. The molecule has 144 valence electrons. The molecule has 0 radical (unpaired) electrons. The molecule has 0 aliphatic carbocycles. The van der Waals surface area contributed by atoms with Crippen LogP contribution in [0.1, 0.15) is 36.7 Å². The molecule has 0 spiro atoms. The van der Waals surface area contributed by atoms with Crippen molar-refractivity contribution < 1.29 is 13.6 Å². The Hall–Kier alpha value is -2.47. The summed E-state index contributed by atoms with van der Waals surface area (Å²) in [4.78, 5) is 15.0. The zero-order chi connectivity index (χ0) is 19.6. The first kappa shape index (κ1) is 19.3. The molecule has 0 atom stereocenters. The lowest BCUT2D eigenvalue weighted by molar-refractivity contribution is 0.102. The van der Waals surface area contributed by atoms with Gasteiger partial charge in [0.1, 0.15) is 11.6 Å². The SMILES string of the molecule is CC(C)(C)c1cc(C(=O)Nc2cc(F)cc(F)c2)cc(N2CCNCC2)c1. The van der Waals surface area contributed by atoms with Gasteiger partial charge in [-0.25, -0.2) is 8.78 Å². The smallest absolute Gasteiger partial charge is 0.255 e. The van der Waals surface area contributed by atoms with Crippen LogP contribution in [-0.4, -0.2) is 32.1 Å². The minimum atomic E-state index is -0.727. The van der Waals surface area contributed by atoms with Crippen LogP contribution in [0.4, 0.5) is 20.2 Å². The Morgan fingerprint density at radius 3 is 2.22 bits per heavy atom. The monoisotopic (exact) mass is 373 g/mol. The molecule has 0 aromatic heterocycles. The molecule has 2 N–H and O–H groups in total. The Morgan fingerprint density at radius 1 is 1.00 bits per heavy atom. The normalized spacial score (nSPS) is 14.9. The number of amides is 1. The molecule has 1 aliphatic rings. The molecule has 1 fully saturated rings. The zero-order valence-electron chi connectivity index (χ0n) is 15.9. The van der Waals surface area contributed by atoms with Gasteiger partial charge in [0, 0.05) is 49.2 Å². The molecule has 1 saturated heterocycles. The van der Waals surface area contributed by atoms with Crippen molar-refractivity contribution in [1.82, 2.24) is 5.32 Å². The van der Waals surface area contributed by atoms with Crippen molar-refractivity contribution in [2.75, 3.05) is 36.4 Å². The summed E-state index contributed by atoms with van der Waals surface area (Å²) in [6.07, 6.45) is 0. The van der Waals surface area contributed by atoms with Crippen LogP contribution in [0.2, 0.25) is 0 Å². The Kier molecular flexibility index (Phi) is 5.46. The molecule has 2 aromatic rings. The molecule has 0 unspecified atom stereocenters. The maximum atomic E-state index is 13.4. The topological polar surface area (TPSA) is 44.4 Å². The largest absolute Gasteiger partial charge is 0.369 e. The number of hydrogen-bond donors (Lipinski definition) is 2. The van der Waals surface area contributed by atoms with E-state index in [1.807, 2.05) is 12.1 Å². The van der Waals surface area contributed by atoms with Crippen LogP contribution < -0.4 is 15.5 Å². The Balaban J connectivity index is 1.93. The predicted octanol–water partition coefficient (Wildman–Crippen LogP) is 3.92. The van der Waals surface area contributed by atoms with E-state index >= 15 is 0 Å². The molecular weight excluding hydrogens is 348 g/mol. The highest BCUT2D eigenvalue weighted by Crippen LogP contribution is 2.29. The number of carbonyl (C=O) groups is 1. The minimum absolute atomic E-state index is 0.0994. The van der Waals surface area contributed by atoms with E-state index in [1.165, 1.54) is 0 Å². The molecule has 1 amide bonds. The number of rotatable bonds is 3. The van der Waals surface area contributed by atoms with Crippen LogP contribution in [0, 0.1) is 11.6 Å². The van der Waals surface area contributed by atoms with Crippen molar-refractivity contribution >= 4 is 17.3 Å². The van der Waals surface area contributed by atoms with Crippen LogP contribution >= 0.6 is 0 Å². The van der Waals surface area contributed by atoms with Crippen molar-refractivity contribution in [3.63, 3.8) is 0 Å². The second-order valence-electron chi connectivity index (χ2n) is 7.87. The molecule has 1 heterocycles. The number of halogens is 2. The first-order valence-corrected chi connectivity index (χ1v) is 9.11. The maximum Gasteiger partial charge on any atom is 0.255 e. The van der Waals surface area contributed by atoms with Gasteiger partial charge < -0.3 is 15.5 Å². The summed E-state index contributed by atoms with van der Waals surface area (Å²) in [6, 6.07) is 8.78. The molecular formula is C21H25F2N3O. The molecule has 6 heteroatoms. The second-order valence-corrected chi connectivity index (χ2v) is 7.87. The summed E-state index contributed by atoms with van der Waals surface area (Å²) >= 11 is 0. The highest BCUT2D eigenvalue weighted by molar-refractivity contribution is 6.05. The van der Waals surface area contributed by atoms with E-state index in [2.05, 4.69) is 42.4 Å². The fourth-order valence-electron chi connectivity index (χ4n) is 3.11. The Labute approximate surface area is 158 Å². The van der Waals surface area contributed by atoms with E-state index in [9.17, 15) is 13.6 Å². The van der Waals surface area contributed by atoms with Gasteiger partial charge in [0.25, 0.3) is 5.91 Å². The van der Waals surface area contributed by atoms with Crippen LogP contribution in [0.25, 0.3) is 0 Å². The molecule has 3 rings (SSSR count). The molecule has 4 nitrogen and oxygen atoms in total. The van der Waals surface area contributed by atoms with Gasteiger partial charge in [0.15, 0.2) is 0 Å². The van der Waals surface area contributed by atoms with Gasteiger partial charge in [-0.15, -0.1) is 0 Å². The van der Waals surface area contributed by atoms with Gasteiger partial charge in [0.05, 0.1) is 0 Å². The van der Waals surface area contributed by atoms with E-state index in [0.717, 1.165) is 55.6 Å². The summed E-state index contributed by atoms with van der Waals surface area (Å²) in [5.41, 5.74) is 2.46. The summed E-state index contributed by atoms with van der Waals surface area (Å²) in [5.74, 6) is -1.84. The van der Waals surface area contributed by atoms with Crippen molar-refractivity contribution in [2.24, 2.45) is 0 Å². The number of piperazine rings is 1. The Morgan fingerprint density at radius 2 is 1.63 bits per heavy atom. The second kappa shape index (κ2) is 7.64. The molecule has 2 aromatic carbocycles. The van der Waals surface area contributed by atoms with E-state index in [1.54, 1.807) is 0 Å². The van der Waals surface area contributed by atoms with E-state index in [-0.39, 0.29) is 17.0 Å². The van der Waals surface area contributed by atoms with Crippen LogP contribution in [0.3, 0.4) is 0 Å². The first-order chi connectivity index (χ1) is 12.7. The van der Waals surface area contributed by atoms with Gasteiger partial charge in [-0.1, -0.05) is 20.8 Å². The quantitative estimate of drug-likeness (QED) is 0.857. The molecule has 27 heavy (non-hydrogen) atoms. The van der Waals surface area contributed by atoms with Crippen molar-refractivity contribution in [2.45, 2.75) is 26.2 Å². The number of nitrogens with zero attached hydrogens (tertiary/aromatic N) is 1. The van der Waals surface area contributed by atoms with E-state index in [0.29, 0.717) is 5.56 Å².